The van der Waals surface area contributed by atoms with Gasteiger partial charge in [-0.1, -0.05) is 67.1 Å². The number of aryl methyl sites for hydroxylation is 4. The van der Waals surface area contributed by atoms with Crippen LogP contribution >= 0.6 is 0 Å². The summed E-state index contributed by atoms with van der Waals surface area (Å²) >= 11 is 0. The smallest absolute Gasteiger partial charge is 0.203 e. The molecular weight excluding hydrogens is 396 g/mol. The van der Waals surface area contributed by atoms with Gasteiger partial charge < -0.3 is 14.2 Å². The van der Waals surface area contributed by atoms with Crippen molar-refractivity contribution in [3.63, 3.8) is 0 Å². The van der Waals surface area contributed by atoms with Gasteiger partial charge in [0.25, 0.3) is 0 Å². The molecule has 0 saturated heterocycles. The average molecular weight is 432 g/mol. The first-order valence-electron chi connectivity index (χ1n) is 11.6. The molecule has 0 spiro atoms. The molecule has 0 bridgehead atoms. The normalized spacial score (nSPS) is 10.7. The molecule has 1 radical (unpaired) electrons. The highest BCUT2D eigenvalue weighted by atomic mass is 16.5. The maximum atomic E-state index is 5.73. The van der Waals surface area contributed by atoms with Crippen LogP contribution in [-0.4, -0.2) is 21.3 Å². The molecule has 3 heteroatoms. The minimum atomic E-state index is 0.683. The zero-order valence-corrected chi connectivity index (χ0v) is 19.7. The Morgan fingerprint density at radius 1 is 0.500 bits per heavy atom. The van der Waals surface area contributed by atoms with Gasteiger partial charge in [-0.3, -0.25) is 0 Å². The van der Waals surface area contributed by atoms with Gasteiger partial charge in [0.05, 0.1) is 21.3 Å². The van der Waals surface area contributed by atoms with E-state index in [2.05, 4.69) is 66.7 Å². The van der Waals surface area contributed by atoms with Crippen LogP contribution in [0.3, 0.4) is 0 Å². The van der Waals surface area contributed by atoms with Crippen LogP contribution in [0.25, 0.3) is 0 Å². The van der Waals surface area contributed by atoms with Crippen LogP contribution in [0.5, 0.6) is 17.2 Å². The van der Waals surface area contributed by atoms with Gasteiger partial charge in [-0.15, -0.1) is 0 Å². The van der Waals surface area contributed by atoms with Crippen molar-refractivity contribution < 1.29 is 14.2 Å². The predicted molar refractivity (Wildman–Crippen MR) is 131 cm³/mol. The SMILES string of the molecule is COc1c(CCCCCc2ccccc2)[c]c(CCCc2ccccc2)c(OC)c1OC. The minimum absolute atomic E-state index is 0.683. The molecule has 0 N–H and O–H groups in total. The number of ether oxygens (including phenoxy) is 3. The summed E-state index contributed by atoms with van der Waals surface area (Å²) in [5.74, 6) is 2.17. The van der Waals surface area contributed by atoms with Crippen molar-refractivity contribution >= 4 is 0 Å². The van der Waals surface area contributed by atoms with E-state index in [1.165, 1.54) is 24.0 Å². The molecule has 0 amide bonds. The molecule has 0 aliphatic heterocycles. The maximum Gasteiger partial charge on any atom is 0.203 e. The van der Waals surface area contributed by atoms with E-state index in [1.807, 2.05) is 0 Å². The van der Waals surface area contributed by atoms with Crippen LogP contribution in [0.15, 0.2) is 60.7 Å². The Morgan fingerprint density at radius 3 is 1.44 bits per heavy atom. The minimum Gasteiger partial charge on any atom is -0.492 e. The van der Waals surface area contributed by atoms with Gasteiger partial charge in [0.1, 0.15) is 0 Å². The summed E-state index contributed by atoms with van der Waals surface area (Å²) in [7, 11) is 5.06. The lowest BCUT2D eigenvalue weighted by Crippen LogP contribution is -2.04. The van der Waals surface area contributed by atoms with Crippen molar-refractivity contribution in [2.75, 3.05) is 21.3 Å². The third kappa shape index (κ3) is 6.53. The molecule has 3 aromatic carbocycles. The second-order valence-electron chi connectivity index (χ2n) is 8.07. The number of rotatable bonds is 13. The van der Waals surface area contributed by atoms with E-state index in [-0.39, 0.29) is 0 Å². The molecule has 0 fully saturated rings. The standard InChI is InChI=1S/C29H35O3/c1-30-27-25(20-12-6-11-16-23-14-7-4-8-15-23)22-26(28(31-2)29(27)32-3)21-13-19-24-17-9-5-10-18-24/h4-5,7-10,14-15,17-18H,6,11-13,16,19-21H2,1-3H3. The van der Waals surface area contributed by atoms with Gasteiger partial charge in [0.15, 0.2) is 11.5 Å². The van der Waals surface area contributed by atoms with E-state index >= 15 is 0 Å². The largest absolute Gasteiger partial charge is 0.492 e. The fourth-order valence-electron chi connectivity index (χ4n) is 4.21. The fourth-order valence-corrected chi connectivity index (χ4v) is 4.21. The number of methoxy groups -OCH3 is 3. The highest BCUT2D eigenvalue weighted by Gasteiger charge is 2.20. The van der Waals surface area contributed by atoms with Crippen LogP contribution in [0.1, 0.15) is 47.9 Å². The molecule has 32 heavy (non-hydrogen) atoms. The van der Waals surface area contributed by atoms with Gasteiger partial charge in [0.2, 0.25) is 5.75 Å². The Kier molecular flexibility index (Phi) is 9.49. The van der Waals surface area contributed by atoms with Crippen molar-refractivity contribution in [3.8, 4) is 17.2 Å². The van der Waals surface area contributed by atoms with E-state index in [9.17, 15) is 0 Å². The molecule has 0 heterocycles. The monoisotopic (exact) mass is 431 g/mol. The van der Waals surface area contributed by atoms with E-state index in [1.54, 1.807) is 21.3 Å². The number of hydrogen-bond donors (Lipinski definition) is 0. The molecule has 3 nitrogen and oxygen atoms in total. The fraction of sp³-hybridized carbons (Fsp3) is 0.379. The van der Waals surface area contributed by atoms with Gasteiger partial charge in [-0.2, -0.15) is 0 Å². The molecule has 3 rings (SSSR count). The Hall–Kier alpha value is -2.94. The van der Waals surface area contributed by atoms with Gasteiger partial charge in [-0.25, -0.2) is 0 Å². The molecule has 169 valence electrons. The van der Waals surface area contributed by atoms with Crippen molar-refractivity contribution in [1.29, 1.82) is 0 Å². The van der Waals surface area contributed by atoms with Crippen LogP contribution < -0.4 is 14.2 Å². The lowest BCUT2D eigenvalue weighted by atomic mass is 9.97. The molecular formula is C29H35O3. The third-order valence-corrected chi connectivity index (χ3v) is 5.84. The van der Waals surface area contributed by atoms with E-state index in [4.69, 9.17) is 14.2 Å². The summed E-state index contributed by atoms with van der Waals surface area (Å²) in [6, 6.07) is 24.9. The second-order valence-corrected chi connectivity index (χ2v) is 8.07. The zero-order valence-electron chi connectivity index (χ0n) is 19.7. The lowest BCUT2D eigenvalue weighted by molar-refractivity contribution is 0.319. The topological polar surface area (TPSA) is 27.7 Å². The van der Waals surface area contributed by atoms with E-state index in [0.717, 1.165) is 61.2 Å². The first kappa shape index (κ1) is 23.7. The van der Waals surface area contributed by atoms with E-state index < -0.39 is 0 Å². The maximum absolute atomic E-state index is 5.73. The number of benzene rings is 3. The van der Waals surface area contributed by atoms with Crippen molar-refractivity contribution in [3.05, 3.63) is 89.0 Å². The third-order valence-electron chi connectivity index (χ3n) is 5.84. The van der Waals surface area contributed by atoms with Crippen LogP contribution in [0.2, 0.25) is 0 Å². The summed E-state index contributed by atoms with van der Waals surface area (Å²) in [4.78, 5) is 0. The molecule has 0 unspecified atom stereocenters. The van der Waals surface area contributed by atoms with Crippen molar-refractivity contribution in [2.24, 2.45) is 0 Å². The first-order valence-corrected chi connectivity index (χ1v) is 11.6. The lowest BCUT2D eigenvalue weighted by Gasteiger charge is -2.19. The Balaban J connectivity index is 1.65. The average Bonchev–Trinajstić information content (AvgIpc) is 2.84. The van der Waals surface area contributed by atoms with Crippen LogP contribution in [0, 0.1) is 6.07 Å². The van der Waals surface area contributed by atoms with Crippen molar-refractivity contribution in [1.82, 2.24) is 0 Å². The summed E-state index contributed by atoms with van der Waals surface area (Å²) in [6.07, 6.45) is 8.44. The summed E-state index contributed by atoms with van der Waals surface area (Å²) in [6.45, 7) is 0. The quantitative estimate of drug-likeness (QED) is 0.284. The van der Waals surface area contributed by atoms with Gasteiger partial charge in [0, 0.05) is 11.1 Å². The molecule has 3 aromatic rings. The van der Waals surface area contributed by atoms with Crippen LogP contribution in [0.4, 0.5) is 0 Å². The summed E-state index contributed by atoms with van der Waals surface area (Å²) < 4.78 is 17.2. The zero-order chi connectivity index (χ0) is 22.6. The Labute approximate surface area is 193 Å². The highest BCUT2D eigenvalue weighted by Crippen LogP contribution is 2.43. The molecule has 0 aromatic heterocycles. The summed E-state index contributed by atoms with van der Waals surface area (Å²) in [5.41, 5.74) is 4.91. The summed E-state index contributed by atoms with van der Waals surface area (Å²) in [5, 5.41) is 0. The van der Waals surface area contributed by atoms with E-state index in [0.29, 0.717) is 5.75 Å². The first-order chi connectivity index (χ1) is 15.8. The highest BCUT2D eigenvalue weighted by molar-refractivity contribution is 5.59. The molecule has 0 atom stereocenters. The predicted octanol–water partition coefficient (Wildman–Crippen LogP) is 6.64. The molecule has 0 aliphatic rings. The molecule has 0 saturated carbocycles. The Bertz CT molecular complexity index is 936. The van der Waals surface area contributed by atoms with Gasteiger partial charge >= 0.3 is 0 Å². The van der Waals surface area contributed by atoms with Gasteiger partial charge in [-0.05, 0) is 62.1 Å². The molecule has 0 aliphatic carbocycles. The van der Waals surface area contributed by atoms with Crippen LogP contribution in [-0.2, 0) is 25.7 Å². The number of hydrogen-bond acceptors (Lipinski definition) is 3. The second kappa shape index (κ2) is 12.8. The van der Waals surface area contributed by atoms with Crippen molar-refractivity contribution in [2.45, 2.75) is 51.4 Å². The Morgan fingerprint density at radius 2 is 0.938 bits per heavy atom. The number of unbranched alkanes of at least 4 members (excludes halogenated alkanes) is 2.